The first kappa shape index (κ1) is 15.8. The van der Waals surface area contributed by atoms with Crippen molar-refractivity contribution < 1.29 is 21.6 Å². The molecular formula is C13H9ClF3NO2S. The third kappa shape index (κ3) is 3.20. The van der Waals surface area contributed by atoms with Crippen LogP contribution in [0.2, 0.25) is 5.02 Å². The van der Waals surface area contributed by atoms with E-state index in [1.54, 1.807) is 0 Å². The van der Waals surface area contributed by atoms with Gasteiger partial charge in [0.05, 0.1) is 10.6 Å². The van der Waals surface area contributed by atoms with Crippen LogP contribution in [-0.4, -0.2) is 8.42 Å². The van der Waals surface area contributed by atoms with Crippen molar-refractivity contribution in [2.75, 3.05) is 0 Å². The smallest absolute Gasteiger partial charge is 0.225 e. The fraction of sp³-hybridized carbons (Fsp3) is 0.0769. The van der Waals surface area contributed by atoms with E-state index in [1.165, 1.54) is 30.3 Å². The van der Waals surface area contributed by atoms with Gasteiger partial charge in [-0.2, -0.15) is 13.2 Å². The summed E-state index contributed by atoms with van der Waals surface area (Å²) < 4.78 is 61.8. The van der Waals surface area contributed by atoms with Crippen molar-refractivity contribution in [3.63, 3.8) is 0 Å². The summed E-state index contributed by atoms with van der Waals surface area (Å²) in [6.07, 6.45) is -4.59. The zero-order chi connectivity index (χ0) is 15.8. The third-order valence-corrected chi connectivity index (χ3v) is 4.26. The van der Waals surface area contributed by atoms with Crippen LogP contribution >= 0.6 is 11.6 Å². The maximum absolute atomic E-state index is 13.0. The normalized spacial score (nSPS) is 12.4. The fourth-order valence-electron chi connectivity index (χ4n) is 1.90. The predicted octanol–water partition coefficient (Wildman–Crippen LogP) is 3.67. The third-order valence-electron chi connectivity index (χ3n) is 2.79. The molecule has 0 atom stereocenters. The molecule has 0 aliphatic rings. The molecule has 0 saturated carbocycles. The van der Waals surface area contributed by atoms with Gasteiger partial charge in [-0.25, -0.2) is 13.6 Å². The molecule has 0 unspecified atom stereocenters. The van der Waals surface area contributed by atoms with Gasteiger partial charge in [-0.3, -0.25) is 0 Å². The molecule has 2 aromatic rings. The summed E-state index contributed by atoms with van der Waals surface area (Å²) in [4.78, 5) is -0.418. The molecule has 2 N–H and O–H groups in total. The number of primary sulfonamides is 1. The van der Waals surface area contributed by atoms with Gasteiger partial charge in [0.15, 0.2) is 0 Å². The number of sulfonamides is 1. The van der Waals surface area contributed by atoms with Gasteiger partial charge < -0.3 is 0 Å². The number of nitrogens with two attached hydrogens (primary N) is 1. The first-order valence-electron chi connectivity index (χ1n) is 5.60. The molecule has 0 aromatic heterocycles. The number of halogens is 4. The average Bonchev–Trinajstić information content (AvgIpc) is 2.36. The van der Waals surface area contributed by atoms with Crippen LogP contribution in [0.5, 0.6) is 0 Å². The zero-order valence-electron chi connectivity index (χ0n) is 10.4. The predicted molar refractivity (Wildman–Crippen MR) is 73.3 cm³/mol. The SMILES string of the molecule is NS(=O)(=O)c1cccc(-c2ccccc2C(F)(F)F)c1Cl. The maximum atomic E-state index is 13.0. The monoisotopic (exact) mass is 335 g/mol. The van der Waals surface area contributed by atoms with Crippen molar-refractivity contribution in [1.29, 1.82) is 0 Å². The van der Waals surface area contributed by atoms with E-state index in [9.17, 15) is 21.6 Å². The summed E-state index contributed by atoms with van der Waals surface area (Å²) in [5.41, 5.74) is -1.16. The first-order chi connectivity index (χ1) is 9.62. The second-order valence-corrected chi connectivity index (χ2v) is 6.11. The molecule has 2 rings (SSSR count). The highest BCUT2D eigenvalue weighted by molar-refractivity contribution is 7.89. The summed E-state index contributed by atoms with van der Waals surface area (Å²) >= 11 is 5.92. The van der Waals surface area contributed by atoms with Crippen molar-refractivity contribution in [3.05, 3.63) is 53.1 Å². The Kier molecular flexibility index (Phi) is 4.01. The molecule has 0 saturated heterocycles. The van der Waals surface area contributed by atoms with Crippen LogP contribution < -0.4 is 5.14 Å². The van der Waals surface area contributed by atoms with Crippen LogP contribution in [0, 0.1) is 0 Å². The molecule has 21 heavy (non-hydrogen) atoms. The highest BCUT2D eigenvalue weighted by atomic mass is 35.5. The van der Waals surface area contributed by atoms with Gasteiger partial charge >= 0.3 is 6.18 Å². The molecule has 0 radical (unpaired) electrons. The van der Waals surface area contributed by atoms with Crippen molar-refractivity contribution in [1.82, 2.24) is 0 Å². The van der Waals surface area contributed by atoms with Gasteiger partial charge in [0.25, 0.3) is 0 Å². The lowest BCUT2D eigenvalue weighted by molar-refractivity contribution is -0.137. The van der Waals surface area contributed by atoms with Gasteiger partial charge in [0.1, 0.15) is 4.90 Å². The van der Waals surface area contributed by atoms with Crippen LogP contribution in [0.25, 0.3) is 11.1 Å². The van der Waals surface area contributed by atoms with Gasteiger partial charge in [-0.05, 0) is 17.7 Å². The minimum absolute atomic E-state index is 0.0453. The molecule has 0 aliphatic heterocycles. The summed E-state index contributed by atoms with van der Waals surface area (Å²) in [7, 11) is -4.13. The minimum Gasteiger partial charge on any atom is -0.225 e. The van der Waals surface area contributed by atoms with Crippen molar-refractivity contribution in [2.45, 2.75) is 11.1 Å². The van der Waals surface area contributed by atoms with E-state index in [2.05, 4.69) is 0 Å². The quantitative estimate of drug-likeness (QED) is 0.910. The van der Waals surface area contributed by atoms with Crippen LogP contribution in [0.1, 0.15) is 5.56 Å². The fourth-order valence-corrected chi connectivity index (χ4v) is 3.08. The molecule has 0 aliphatic carbocycles. The minimum atomic E-state index is -4.59. The van der Waals surface area contributed by atoms with E-state index in [4.69, 9.17) is 16.7 Å². The van der Waals surface area contributed by atoms with Crippen LogP contribution in [-0.2, 0) is 16.2 Å². The molecular weight excluding hydrogens is 327 g/mol. The Morgan fingerprint density at radius 2 is 1.52 bits per heavy atom. The zero-order valence-corrected chi connectivity index (χ0v) is 11.9. The van der Waals surface area contributed by atoms with Gasteiger partial charge in [0, 0.05) is 5.56 Å². The van der Waals surface area contributed by atoms with Crippen molar-refractivity contribution in [2.24, 2.45) is 5.14 Å². The highest BCUT2D eigenvalue weighted by Gasteiger charge is 2.34. The van der Waals surface area contributed by atoms with E-state index in [-0.39, 0.29) is 16.1 Å². The van der Waals surface area contributed by atoms with Crippen LogP contribution in [0.15, 0.2) is 47.4 Å². The summed E-state index contributed by atoms with van der Waals surface area (Å²) in [6, 6.07) is 8.49. The first-order valence-corrected chi connectivity index (χ1v) is 7.52. The summed E-state index contributed by atoms with van der Waals surface area (Å²) in [6.45, 7) is 0. The van der Waals surface area contributed by atoms with Crippen LogP contribution in [0.3, 0.4) is 0 Å². The van der Waals surface area contributed by atoms with Crippen molar-refractivity contribution >= 4 is 21.6 Å². The topological polar surface area (TPSA) is 60.2 Å². The molecule has 0 amide bonds. The Bertz CT molecular complexity index is 788. The van der Waals surface area contributed by atoms with E-state index in [0.717, 1.165) is 12.1 Å². The lowest BCUT2D eigenvalue weighted by Crippen LogP contribution is -2.13. The molecule has 2 aromatic carbocycles. The number of hydrogen-bond donors (Lipinski definition) is 1. The second-order valence-electron chi connectivity index (χ2n) is 4.21. The Balaban J connectivity index is 2.76. The molecule has 0 bridgehead atoms. The Hall–Kier alpha value is -1.57. The molecule has 112 valence electrons. The standard InChI is InChI=1S/C13H9ClF3NO2S/c14-12-9(5-3-7-11(12)21(18,19)20)8-4-1-2-6-10(8)13(15,16)17/h1-7H,(H2,18,19,20). The largest absolute Gasteiger partial charge is 0.417 e. The van der Waals surface area contributed by atoms with E-state index >= 15 is 0 Å². The molecule has 0 fully saturated rings. The average molecular weight is 336 g/mol. The lowest BCUT2D eigenvalue weighted by atomic mass is 9.99. The lowest BCUT2D eigenvalue weighted by Gasteiger charge is -2.14. The number of hydrogen-bond acceptors (Lipinski definition) is 2. The number of benzene rings is 2. The van der Waals surface area contributed by atoms with Gasteiger partial charge in [-0.15, -0.1) is 0 Å². The molecule has 8 heteroatoms. The van der Waals surface area contributed by atoms with Crippen molar-refractivity contribution in [3.8, 4) is 11.1 Å². The Morgan fingerprint density at radius 1 is 0.952 bits per heavy atom. The molecule has 3 nitrogen and oxygen atoms in total. The molecule has 0 heterocycles. The number of rotatable bonds is 2. The summed E-state index contributed by atoms with van der Waals surface area (Å²) in [5, 5.41) is 4.66. The second kappa shape index (κ2) is 5.32. The van der Waals surface area contributed by atoms with E-state index in [0.29, 0.717) is 0 Å². The maximum Gasteiger partial charge on any atom is 0.417 e. The Labute approximate surface area is 124 Å². The van der Waals surface area contributed by atoms with Gasteiger partial charge in [-0.1, -0.05) is 41.9 Å². The Morgan fingerprint density at radius 3 is 2.10 bits per heavy atom. The van der Waals surface area contributed by atoms with Crippen LogP contribution in [0.4, 0.5) is 13.2 Å². The van der Waals surface area contributed by atoms with Gasteiger partial charge in [0.2, 0.25) is 10.0 Å². The molecule has 0 spiro atoms. The summed E-state index contributed by atoms with van der Waals surface area (Å²) in [5.74, 6) is 0. The number of alkyl halides is 3. The highest BCUT2D eigenvalue weighted by Crippen LogP contribution is 2.40. The van der Waals surface area contributed by atoms with E-state index in [1.807, 2.05) is 0 Å². The van der Waals surface area contributed by atoms with E-state index < -0.39 is 26.7 Å².